The van der Waals surface area contributed by atoms with Gasteiger partial charge in [0.25, 0.3) is 11.8 Å². The first-order valence-corrected chi connectivity index (χ1v) is 9.74. The molecule has 0 unspecified atom stereocenters. The highest BCUT2D eigenvalue weighted by molar-refractivity contribution is 8.03. The lowest BCUT2D eigenvalue weighted by molar-refractivity contribution is -0.119. The molecule has 2 amide bonds. The number of anilines is 1. The molecule has 0 aliphatic carbocycles. The number of furan rings is 1. The molecule has 7 heteroatoms. The van der Waals surface area contributed by atoms with Gasteiger partial charge in [0.1, 0.15) is 17.4 Å². The Morgan fingerprint density at radius 1 is 1.00 bits per heavy atom. The minimum absolute atomic E-state index is 0.190. The third-order valence-electron chi connectivity index (χ3n) is 4.47. The maximum absolute atomic E-state index is 14.3. The molecule has 0 fully saturated rings. The quantitative estimate of drug-likeness (QED) is 0.549. The standard InChI is InChI=1S/C22H15F2NO3S/c1-13-4-6-14(7-5-13)19-20(29-12-16-3-2-10-28-16)22(27)25(21(19)26)18-9-8-15(23)11-17(18)24/h2-11H,12H2,1H3. The molecule has 0 atom stereocenters. The largest absolute Gasteiger partial charge is 0.468 e. The number of nitrogens with zero attached hydrogens (tertiary/aromatic N) is 1. The SMILES string of the molecule is Cc1ccc(C2=C(SCc3ccco3)C(=O)N(c3ccc(F)cc3F)C2=O)cc1. The first-order chi connectivity index (χ1) is 14.0. The molecule has 146 valence electrons. The molecule has 0 saturated carbocycles. The Labute approximate surface area is 169 Å². The molecule has 4 nitrogen and oxygen atoms in total. The van der Waals surface area contributed by atoms with Gasteiger partial charge in [-0.25, -0.2) is 13.7 Å². The smallest absolute Gasteiger partial charge is 0.272 e. The van der Waals surface area contributed by atoms with E-state index in [1.165, 1.54) is 6.26 Å². The number of hydrogen-bond acceptors (Lipinski definition) is 4. The van der Waals surface area contributed by atoms with Crippen molar-refractivity contribution in [1.29, 1.82) is 0 Å². The molecule has 2 heterocycles. The molecule has 1 aliphatic rings. The number of benzene rings is 2. The van der Waals surface area contributed by atoms with Gasteiger partial charge in [0, 0.05) is 6.07 Å². The zero-order chi connectivity index (χ0) is 20.5. The number of thioether (sulfide) groups is 1. The summed E-state index contributed by atoms with van der Waals surface area (Å²) in [6, 6.07) is 13.4. The number of carbonyl (C=O) groups excluding carboxylic acids is 2. The molecule has 0 radical (unpaired) electrons. The van der Waals surface area contributed by atoms with E-state index in [4.69, 9.17) is 4.42 Å². The lowest BCUT2D eigenvalue weighted by Gasteiger charge is -2.16. The normalized spacial score (nSPS) is 14.2. The fourth-order valence-corrected chi connectivity index (χ4v) is 4.05. The van der Waals surface area contributed by atoms with Crippen molar-refractivity contribution in [3.05, 3.63) is 94.3 Å². The summed E-state index contributed by atoms with van der Waals surface area (Å²) in [5, 5.41) is 0. The molecule has 0 spiro atoms. The Hall–Kier alpha value is -3.19. The molecular weight excluding hydrogens is 396 g/mol. The van der Waals surface area contributed by atoms with Gasteiger partial charge in [-0.1, -0.05) is 29.8 Å². The van der Waals surface area contributed by atoms with Crippen molar-refractivity contribution in [3.8, 4) is 0 Å². The second kappa shape index (κ2) is 7.67. The van der Waals surface area contributed by atoms with E-state index in [0.29, 0.717) is 23.1 Å². The maximum Gasteiger partial charge on any atom is 0.272 e. The lowest BCUT2D eigenvalue weighted by atomic mass is 10.0. The fraction of sp³-hybridized carbons (Fsp3) is 0.0909. The topological polar surface area (TPSA) is 50.5 Å². The summed E-state index contributed by atoms with van der Waals surface area (Å²) in [6.07, 6.45) is 1.52. The van der Waals surface area contributed by atoms with E-state index in [9.17, 15) is 18.4 Å². The van der Waals surface area contributed by atoms with Crippen molar-refractivity contribution in [2.24, 2.45) is 0 Å². The second-order valence-electron chi connectivity index (χ2n) is 6.48. The zero-order valence-corrected chi connectivity index (χ0v) is 16.1. The number of rotatable bonds is 5. The third kappa shape index (κ3) is 3.61. The summed E-state index contributed by atoms with van der Waals surface area (Å²) in [6.45, 7) is 1.91. The molecular formula is C22H15F2NO3S. The van der Waals surface area contributed by atoms with Gasteiger partial charge in [0.05, 0.1) is 28.2 Å². The Morgan fingerprint density at radius 3 is 2.41 bits per heavy atom. The number of imide groups is 1. The van der Waals surface area contributed by atoms with Crippen LogP contribution < -0.4 is 4.90 Å². The highest BCUT2D eigenvalue weighted by Gasteiger charge is 2.41. The maximum atomic E-state index is 14.3. The fourth-order valence-electron chi connectivity index (χ4n) is 3.04. The van der Waals surface area contributed by atoms with E-state index in [2.05, 4.69) is 0 Å². The summed E-state index contributed by atoms with van der Waals surface area (Å²) < 4.78 is 33.0. The zero-order valence-electron chi connectivity index (χ0n) is 15.3. The van der Waals surface area contributed by atoms with E-state index in [-0.39, 0.29) is 16.2 Å². The second-order valence-corrected chi connectivity index (χ2v) is 7.47. The molecule has 0 N–H and O–H groups in total. The van der Waals surface area contributed by atoms with Crippen LogP contribution in [0, 0.1) is 18.6 Å². The van der Waals surface area contributed by atoms with Crippen LogP contribution >= 0.6 is 11.8 Å². The van der Waals surface area contributed by atoms with Crippen LogP contribution in [0.1, 0.15) is 16.9 Å². The average molecular weight is 411 g/mol. The number of aryl methyl sites for hydroxylation is 1. The van der Waals surface area contributed by atoms with Crippen LogP contribution in [0.4, 0.5) is 14.5 Å². The van der Waals surface area contributed by atoms with Crippen molar-refractivity contribution < 1.29 is 22.8 Å². The third-order valence-corrected chi connectivity index (χ3v) is 5.57. The molecule has 29 heavy (non-hydrogen) atoms. The highest BCUT2D eigenvalue weighted by Crippen LogP contribution is 2.40. The number of hydrogen-bond donors (Lipinski definition) is 0. The minimum atomic E-state index is -0.979. The Morgan fingerprint density at radius 2 is 1.76 bits per heavy atom. The lowest BCUT2D eigenvalue weighted by Crippen LogP contribution is -2.32. The van der Waals surface area contributed by atoms with Gasteiger partial charge in [0.2, 0.25) is 0 Å². The monoisotopic (exact) mass is 411 g/mol. The van der Waals surface area contributed by atoms with Crippen molar-refractivity contribution in [1.82, 2.24) is 0 Å². The van der Waals surface area contributed by atoms with Gasteiger partial charge in [0.15, 0.2) is 0 Å². The van der Waals surface area contributed by atoms with Crippen LogP contribution in [0.3, 0.4) is 0 Å². The minimum Gasteiger partial charge on any atom is -0.468 e. The van der Waals surface area contributed by atoms with Crippen molar-refractivity contribution >= 4 is 34.8 Å². The average Bonchev–Trinajstić information content (AvgIpc) is 3.28. The van der Waals surface area contributed by atoms with Gasteiger partial charge in [-0.3, -0.25) is 9.59 Å². The van der Waals surface area contributed by atoms with Crippen molar-refractivity contribution in [2.75, 3.05) is 4.90 Å². The summed E-state index contributed by atoms with van der Waals surface area (Å²) in [5.41, 5.74) is 1.47. The molecule has 1 aliphatic heterocycles. The van der Waals surface area contributed by atoms with Crippen molar-refractivity contribution in [3.63, 3.8) is 0 Å². The summed E-state index contributed by atoms with van der Waals surface area (Å²) in [5.74, 6) is -2.09. The first kappa shape index (κ1) is 19.1. The summed E-state index contributed by atoms with van der Waals surface area (Å²) in [4.78, 5) is 27.2. The van der Waals surface area contributed by atoms with Gasteiger partial charge >= 0.3 is 0 Å². The van der Waals surface area contributed by atoms with E-state index in [0.717, 1.165) is 34.4 Å². The summed E-state index contributed by atoms with van der Waals surface area (Å²) >= 11 is 1.15. The van der Waals surface area contributed by atoms with E-state index in [1.54, 1.807) is 24.3 Å². The van der Waals surface area contributed by atoms with Crippen LogP contribution in [0.2, 0.25) is 0 Å². The predicted molar refractivity (Wildman–Crippen MR) is 107 cm³/mol. The highest BCUT2D eigenvalue weighted by atomic mass is 32.2. The van der Waals surface area contributed by atoms with Crippen LogP contribution in [0.15, 0.2) is 70.2 Å². The van der Waals surface area contributed by atoms with Crippen LogP contribution in [-0.4, -0.2) is 11.8 Å². The van der Waals surface area contributed by atoms with Gasteiger partial charge in [-0.2, -0.15) is 0 Å². The predicted octanol–water partition coefficient (Wildman–Crippen LogP) is 5.08. The van der Waals surface area contributed by atoms with E-state index >= 15 is 0 Å². The molecule has 1 aromatic heterocycles. The van der Waals surface area contributed by atoms with E-state index < -0.39 is 23.4 Å². The molecule has 2 aromatic carbocycles. The van der Waals surface area contributed by atoms with Crippen LogP contribution in [0.25, 0.3) is 5.57 Å². The van der Waals surface area contributed by atoms with E-state index in [1.807, 2.05) is 19.1 Å². The number of halogens is 2. The Bertz CT molecular complexity index is 1120. The number of carbonyl (C=O) groups is 2. The first-order valence-electron chi connectivity index (χ1n) is 8.76. The Kier molecular flexibility index (Phi) is 5.07. The Balaban J connectivity index is 1.77. The van der Waals surface area contributed by atoms with Crippen molar-refractivity contribution in [2.45, 2.75) is 12.7 Å². The molecule has 4 rings (SSSR count). The molecule has 3 aromatic rings. The van der Waals surface area contributed by atoms with Gasteiger partial charge in [-0.15, -0.1) is 11.8 Å². The molecule has 0 bridgehead atoms. The molecule has 0 saturated heterocycles. The summed E-state index contributed by atoms with van der Waals surface area (Å²) in [7, 11) is 0. The van der Waals surface area contributed by atoms with Crippen LogP contribution in [0.5, 0.6) is 0 Å². The van der Waals surface area contributed by atoms with Crippen LogP contribution in [-0.2, 0) is 15.3 Å². The van der Waals surface area contributed by atoms with Gasteiger partial charge in [-0.05, 0) is 36.8 Å². The van der Waals surface area contributed by atoms with Gasteiger partial charge < -0.3 is 4.42 Å². The number of amides is 2.